The molecule has 1 aromatic carbocycles. The molecule has 0 spiro atoms. The average molecular weight is 441 g/mol. The zero-order valence-electron chi connectivity index (χ0n) is 14.0. The number of benzene rings is 1. The van der Waals surface area contributed by atoms with E-state index < -0.39 is 11.9 Å². The van der Waals surface area contributed by atoms with Crippen molar-refractivity contribution in [2.24, 2.45) is 5.92 Å². The summed E-state index contributed by atoms with van der Waals surface area (Å²) in [6.45, 7) is 0.416. The molecule has 1 fully saturated rings. The van der Waals surface area contributed by atoms with E-state index in [1.807, 2.05) is 30.3 Å². The quantitative estimate of drug-likeness (QED) is 0.631. The van der Waals surface area contributed by atoms with Gasteiger partial charge < -0.3 is 10.4 Å². The van der Waals surface area contributed by atoms with Crippen LogP contribution in [0.25, 0.3) is 5.65 Å². The van der Waals surface area contributed by atoms with E-state index in [0.717, 1.165) is 18.1 Å². The van der Waals surface area contributed by atoms with Gasteiger partial charge in [0.1, 0.15) is 10.4 Å². The van der Waals surface area contributed by atoms with Gasteiger partial charge in [-0.1, -0.05) is 30.3 Å². The molecule has 27 heavy (non-hydrogen) atoms. The maximum absolute atomic E-state index is 13.2. The molecule has 142 valence electrons. The minimum Gasteiger partial charge on any atom is -0.396 e. The number of aromatic nitrogens is 3. The summed E-state index contributed by atoms with van der Waals surface area (Å²) in [6.07, 6.45) is -3.79. The molecule has 1 aliphatic carbocycles. The van der Waals surface area contributed by atoms with E-state index in [0.29, 0.717) is 11.1 Å². The van der Waals surface area contributed by atoms with E-state index in [-0.39, 0.29) is 29.4 Å². The van der Waals surface area contributed by atoms with Crippen LogP contribution in [0.4, 0.5) is 19.0 Å². The molecule has 5 nitrogen and oxygen atoms in total. The summed E-state index contributed by atoms with van der Waals surface area (Å²) < 4.78 is 41.4. The largest absolute Gasteiger partial charge is 0.433 e. The van der Waals surface area contributed by atoms with E-state index in [1.165, 1.54) is 10.6 Å². The maximum Gasteiger partial charge on any atom is 0.433 e. The SMILES string of the molecule is OC[C@H]1C[C@@]1(CNc1cc(C(F)(F)F)nc2cc(Br)nn12)c1ccccc1. The van der Waals surface area contributed by atoms with Crippen molar-refractivity contribution in [3.63, 3.8) is 0 Å². The first kappa shape index (κ1) is 18.2. The first-order valence-electron chi connectivity index (χ1n) is 8.37. The number of alkyl halides is 3. The maximum atomic E-state index is 13.2. The summed E-state index contributed by atoms with van der Waals surface area (Å²) in [5.74, 6) is 0.271. The highest BCUT2D eigenvalue weighted by molar-refractivity contribution is 9.10. The van der Waals surface area contributed by atoms with Crippen LogP contribution < -0.4 is 5.32 Å². The number of nitrogens with zero attached hydrogens (tertiary/aromatic N) is 3. The Morgan fingerprint density at radius 2 is 2.00 bits per heavy atom. The number of hydrogen-bond donors (Lipinski definition) is 2. The summed E-state index contributed by atoms with van der Waals surface area (Å²) in [5, 5.41) is 16.9. The third kappa shape index (κ3) is 3.29. The Balaban J connectivity index is 1.69. The summed E-state index contributed by atoms with van der Waals surface area (Å²) >= 11 is 3.18. The van der Waals surface area contributed by atoms with Crippen LogP contribution >= 0.6 is 15.9 Å². The van der Waals surface area contributed by atoms with Crippen molar-refractivity contribution in [1.82, 2.24) is 14.6 Å². The predicted molar refractivity (Wildman–Crippen MR) is 97.5 cm³/mol. The molecule has 0 bridgehead atoms. The van der Waals surface area contributed by atoms with Crippen LogP contribution in [0, 0.1) is 5.92 Å². The molecule has 0 unspecified atom stereocenters. The highest BCUT2D eigenvalue weighted by Crippen LogP contribution is 2.54. The predicted octanol–water partition coefficient (Wildman–Crippen LogP) is 3.87. The van der Waals surface area contributed by atoms with Crippen LogP contribution in [-0.4, -0.2) is 32.9 Å². The fourth-order valence-corrected chi connectivity index (χ4v) is 3.89. The Hall–Kier alpha value is -2.13. The Bertz CT molecular complexity index is 976. The lowest BCUT2D eigenvalue weighted by atomic mass is 9.93. The van der Waals surface area contributed by atoms with Gasteiger partial charge in [-0.2, -0.15) is 22.8 Å². The lowest BCUT2D eigenvalue weighted by Crippen LogP contribution is -2.24. The van der Waals surface area contributed by atoms with Gasteiger partial charge in [-0.3, -0.25) is 0 Å². The lowest BCUT2D eigenvalue weighted by molar-refractivity contribution is -0.141. The van der Waals surface area contributed by atoms with Gasteiger partial charge in [0.05, 0.1) is 0 Å². The van der Waals surface area contributed by atoms with Gasteiger partial charge in [0.2, 0.25) is 0 Å². The number of fused-ring (bicyclic) bond motifs is 1. The smallest absolute Gasteiger partial charge is 0.396 e. The molecule has 9 heteroatoms. The fraction of sp³-hybridized carbons (Fsp3) is 0.333. The second-order valence-electron chi connectivity index (χ2n) is 6.72. The standard InChI is InChI=1S/C18H16BrF3N4O/c19-14-7-16-24-13(18(20,21)22)6-15(26(16)25-14)23-10-17(8-12(17)9-27)11-4-2-1-3-5-11/h1-7,12,23,27H,8-10H2/t12-,17-/m1/s1. The number of aliphatic hydroxyl groups is 1. The monoisotopic (exact) mass is 440 g/mol. The third-order valence-electron chi connectivity index (χ3n) is 5.07. The molecule has 0 radical (unpaired) electrons. The zero-order chi connectivity index (χ0) is 19.2. The normalized spacial score (nSPS) is 22.2. The molecule has 4 rings (SSSR count). The second kappa shape index (κ2) is 6.49. The molecule has 2 N–H and O–H groups in total. The Morgan fingerprint density at radius 3 is 2.63 bits per heavy atom. The first-order valence-corrected chi connectivity index (χ1v) is 9.16. The minimum absolute atomic E-state index is 0.0312. The topological polar surface area (TPSA) is 62.5 Å². The van der Waals surface area contributed by atoms with Gasteiger partial charge in [0, 0.05) is 30.7 Å². The van der Waals surface area contributed by atoms with Crippen molar-refractivity contribution >= 4 is 27.4 Å². The molecule has 0 amide bonds. The lowest BCUT2D eigenvalue weighted by Gasteiger charge is -2.20. The Labute approximate surface area is 161 Å². The van der Waals surface area contributed by atoms with E-state index in [9.17, 15) is 18.3 Å². The van der Waals surface area contributed by atoms with E-state index >= 15 is 0 Å². The minimum atomic E-state index is -4.56. The number of nitrogens with one attached hydrogen (secondary N) is 1. The zero-order valence-corrected chi connectivity index (χ0v) is 15.6. The average Bonchev–Trinajstić information content (AvgIpc) is 3.24. The van der Waals surface area contributed by atoms with Crippen LogP contribution in [0.5, 0.6) is 0 Å². The molecule has 0 saturated heterocycles. The molecule has 0 aliphatic heterocycles. The molecule has 3 aromatic rings. The van der Waals surface area contributed by atoms with Crippen LogP contribution in [0.1, 0.15) is 17.7 Å². The molecule has 1 saturated carbocycles. The third-order valence-corrected chi connectivity index (χ3v) is 5.46. The second-order valence-corrected chi connectivity index (χ2v) is 7.53. The number of rotatable bonds is 5. The van der Waals surface area contributed by atoms with Gasteiger partial charge in [-0.25, -0.2) is 4.98 Å². The number of aliphatic hydroxyl groups excluding tert-OH is 1. The van der Waals surface area contributed by atoms with Gasteiger partial charge in [0.25, 0.3) is 0 Å². The van der Waals surface area contributed by atoms with Gasteiger partial charge >= 0.3 is 6.18 Å². The van der Waals surface area contributed by atoms with Crippen molar-refractivity contribution in [2.45, 2.75) is 18.0 Å². The van der Waals surface area contributed by atoms with Crippen molar-refractivity contribution in [3.05, 3.63) is 58.3 Å². The summed E-state index contributed by atoms with van der Waals surface area (Å²) in [7, 11) is 0. The van der Waals surface area contributed by atoms with Crippen molar-refractivity contribution < 1.29 is 18.3 Å². The van der Waals surface area contributed by atoms with Gasteiger partial charge in [-0.05, 0) is 33.8 Å². The highest BCUT2D eigenvalue weighted by Gasteiger charge is 2.54. The molecule has 2 heterocycles. The van der Waals surface area contributed by atoms with Crippen LogP contribution in [0.15, 0.2) is 47.1 Å². The van der Waals surface area contributed by atoms with E-state index in [4.69, 9.17) is 0 Å². The van der Waals surface area contributed by atoms with Gasteiger partial charge in [0.15, 0.2) is 11.3 Å². The molecule has 2 aromatic heterocycles. The Kier molecular flexibility index (Phi) is 4.38. The number of halogens is 4. The van der Waals surface area contributed by atoms with E-state index in [2.05, 4.69) is 31.3 Å². The van der Waals surface area contributed by atoms with Crippen LogP contribution in [-0.2, 0) is 11.6 Å². The van der Waals surface area contributed by atoms with Crippen LogP contribution in [0.3, 0.4) is 0 Å². The Morgan fingerprint density at radius 1 is 1.26 bits per heavy atom. The summed E-state index contributed by atoms with van der Waals surface area (Å²) in [6, 6.07) is 12.1. The van der Waals surface area contributed by atoms with E-state index in [1.54, 1.807) is 0 Å². The van der Waals surface area contributed by atoms with Crippen molar-refractivity contribution in [2.75, 3.05) is 18.5 Å². The molecular formula is C18H16BrF3N4O. The first-order chi connectivity index (χ1) is 12.8. The van der Waals surface area contributed by atoms with Crippen molar-refractivity contribution in [3.8, 4) is 0 Å². The van der Waals surface area contributed by atoms with Crippen LogP contribution in [0.2, 0.25) is 0 Å². The highest BCUT2D eigenvalue weighted by atomic mass is 79.9. The molecule has 2 atom stereocenters. The number of hydrogen-bond acceptors (Lipinski definition) is 4. The van der Waals surface area contributed by atoms with Gasteiger partial charge in [-0.15, -0.1) is 0 Å². The summed E-state index contributed by atoms with van der Waals surface area (Å²) in [5.41, 5.74) is -0.135. The summed E-state index contributed by atoms with van der Waals surface area (Å²) in [4.78, 5) is 3.64. The molecule has 1 aliphatic rings. The molecular weight excluding hydrogens is 425 g/mol. The van der Waals surface area contributed by atoms with Crippen molar-refractivity contribution in [1.29, 1.82) is 0 Å². The number of anilines is 1. The fourth-order valence-electron chi connectivity index (χ4n) is 3.53.